The van der Waals surface area contributed by atoms with E-state index >= 15 is 0 Å². The van der Waals surface area contributed by atoms with E-state index in [1.54, 1.807) is 0 Å². The molecule has 4 nitrogen and oxygen atoms in total. The first kappa shape index (κ1) is 20.1. The number of aliphatic imine (C=N–C) groups is 1. The van der Waals surface area contributed by atoms with Crippen LogP contribution in [0.25, 0.3) is 0 Å². The Labute approximate surface area is 143 Å². The lowest BCUT2D eigenvalue weighted by atomic mass is 9.95. The smallest absolute Gasteiger partial charge is 0.191 e. The van der Waals surface area contributed by atoms with Gasteiger partial charge in [-0.15, -0.1) is 24.0 Å². The van der Waals surface area contributed by atoms with Crippen molar-refractivity contribution < 1.29 is 4.21 Å². The molecule has 1 aliphatic rings. The van der Waals surface area contributed by atoms with E-state index in [2.05, 4.69) is 29.5 Å². The van der Waals surface area contributed by atoms with Crippen LogP contribution in [-0.4, -0.2) is 40.3 Å². The molecule has 0 amide bonds. The van der Waals surface area contributed by atoms with Gasteiger partial charge in [-0.1, -0.05) is 20.3 Å². The second kappa shape index (κ2) is 11.8. The van der Waals surface area contributed by atoms with Crippen molar-refractivity contribution in [3.8, 4) is 0 Å². The highest BCUT2D eigenvalue weighted by Gasteiger charge is 2.25. The van der Waals surface area contributed by atoms with Crippen molar-refractivity contribution in [2.45, 2.75) is 64.2 Å². The van der Waals surface area contributed by atoms with E-state index < -0.39 is 10.8 Å². The molecule has 0 aromatic rings. The molecule has 0 aromatic heterocycles. The van der Waals surface area contributed by atoms with Crippen LogP contribution in [0.2, 0.25) is 0 Å². The molecule has 1 aliphatic carbocycles. The summed E-state index contributed by atoms with van der Waals surface area (Å²) in [6, 6.07) is 0.420. The normalized spacial score (nSPS) is 24.6. The molecular formula is C14H30IN3OS. The van der Waals surface area contributed by atoms with Crippen molar-refractivity contribution in [1.29, 1.82) is 0 Å². The van der Waals surface area contributed by atoms with E-state index in [1.807, 2.05) is 6.92 Å². The van der Waals surface area contributed by atoms with Crippen molar-refractivity contribution in [3.05, 3.63) is 0 Å². The fraction of sp³-hybridized carbons (Fsp3) is 0.929. The molecule has 0 bridgehead atoms. The van der Waals surface area contributed by atoms with Gasteiger partial charge in [0, 0.05) is 40.9 Å². The maximum absolute atomic E-state index is 11.9. The Bertz CT molecular complexity index is 313. The van der Waals surface area contributed by atoms with E-state index in [9.17, 15) is 4.21 Å². The van der Waals surface area contributed by atoms with Gasteiger partial charge in [0.1, 0.15) is 0 Å². The number of hydrogen-bond acceptors (Lipinski definition) is 2. The molecule has 0 aliphatic heterocycles. The molecule has 1 rings (SSSR count). The molecule has 0 radical (unpaired) electrons. The molecule has 0 aromatic carbocycles. The van der Waals surface area contributed by atoms with Gasteiger partial charge in [-0.25, -0.2) is 0 Å². The van der Waals surface area contributed by atoms with E-state index in [4.69, 9.17) is 0 Å². The molecule has 2 N–H and O–H groups in total. The van der Waals surface area contributed by atoms with E-state index in [0.717, 1.165) is 50.5 Å². The lowest BCUT2D eigenvalue weighted by Crippen LogP contribution is -2.46. The van der Waals surface area contributed by atoms with Gasteiger partial charge in [0.25, 0.3) is 0 Å². The number of hydrogen-bond donors (Lipinski definition) is 2. The Morgan fingerprint density at radius 3 is 2.65 bits per heavy atom. The molecule has 3 unspecified atom stereocenters. The van der Waals surface area contributed by atoms with Gasteiger partial charge in [0.2, 0.25) is 0 Å². The van der Waals surface area contributed by atoms with E-state index in [-0.39, 0.29) is 24.0 Å². The van der Waals surface area contributed by atoms with Gasteiger partial charge in [-0.3, -0.25) is 9.20 Å². The molecular weight excluding hydrogens is 385 g/mol. The van der Waals surface area contributed by atoms with Crippen LogP contribution in [0, 0.1) is 0 Å². The number of rotatable bonds is 6. The van der Waals surface area contributed by atoms with Gasteiger partial charge in [-0.05, 0) is 32.6 Å². The van der Waals surface area contributed by atoms with Crippen LogP contribution in [-0.2, 0) is 10.8 Å². The molecule has 0 heterocycles. The predicted octanol–water partition coefficient (Wildman–Crippen LogP) is 2.65. The van der Waals surface area contributed by atoms with Gasteiger partial charge < -0.3 is 10.6 Å². The summed E-state index contributed by atoms with van der Waals surface area (Å²) in [4.78, 5) is 4.53. The Hall–Kier alpha value is 0.150. The average Bonchev–Trinajstić information content (AvgIpc) is 2.44. The highest BCUT2D eigenvalue weighted by molar-refractivity contribution is 14.0. The quantitative estimate of drug-likeness (QED) is 0.399. The Kier molecular flexibility index (Phi) is 11.9. The average molecular weight is 415 g/mol. The molecule has 6 heteroatoms. The molecule has 1 fully saturated rings. The lowest BCUT2D eigenvalue weighted by molar-refractivity contribution is 0.413. The third-order valence-corrected chi connectivity index (χ3v) is 5.20. The zero-order valence-corrected chi connectivity index (χ0v) is 16.1. The molecule has 0 saturated heterocycles. The van der Waals surface area contributed by atoms with Crippen LogP contribution in [0.4, 0.5) is 0 Å². The zero-order chi connectivity index (χ0) is 14.1. The monoisotopic (exact) mass is 415 g/mol. The fourth-order valence-corrected chi connectivity index (χ4v) is 3.84. The first-order valence-electron chi connectivity index (χ1n) is 7.63. The lowest BCUT2D eigenvalue weighted by Gasteiger charge is -2.30. The van der Waals surface area contributed by atoms with Crippen LogP contribution >= 0.6 is 24.0 Å². The summed E-state index contributed by atoms with van der Waals surface area (Å²) in [5.41, 5.74) is 0. The molecule has 20 heavy (non-hydrogen) atoms. The van der Waals surface area contributed by atoms with Crippen molar-refractivity contribution >= 4 is 40.7 Å². The van der Waals surface area contributed by atoms with E-state index in [0.29, 0.717) is 11.3 Å². The van der Waals surface area contributed by atoms with Gasteiger partial charge in [0.05, 0.1) is 0 Å². The third kappa shape index (κ3) is 7.24. The van der Waals surface area contributed by atoms with Crippen molar-refractivity contribution in [1.82, 2.24) is 10.6 Å². The summed E-state index contributed by atoms with van der Waals surface area (Å²) in [7, 11) is -0.658. The summed E-state index contributed by atoms with van der Waals surface area (Å²) in [5, 5.41) is 7.16. The van der Waals surface area contributed by atoms with Crippen LogP contribution in [0.1, 0.15) is 52.9 Å². The van der Waals surface area contributed by atoms with Crippen LogP contribution in [0.15, 0.2) is 4.99 Å². The largest absolute Gasteiger partial charge is 0.357 e. The molecule has 120 valence electrons. The Morgan fingerprint density at radius 2 is 2.05 bits per heavy atom. The highest BCUT2D eigenvalue weighted by atomic mass is 127. The Morgan fingerprint density at radius 1 is 1.30 bits per heavy atom. The zero-order valence-electron chi connectivity index (χ0n) is 13.0. The van der Waals surface area contributed by atoms with Crippen molar-refractivity contribution in [2.75, 3.05) is 18.8 Å². The predicted molar refractivity (Wildman–Crippen MR) is 99.5 cm³/mol. The van der Waals surface area contributed by atoms with Crippen LogP contribution in [0.5, 0.6) is 0 Å². The van der Waals surface area contributed by atoms with E-state index in [1.165, 1.54) is 6.42 Å². The van der Waals surface area contributed by atoms with Gasteiger partial charge >= 0.3 is 0 Å². The van der Waals surface area contributed by atoms with Gasteiger partial charge in [0.15, 0.2) is 5.96 Å². The number of nitrogens with zero attached hydrogens (tertiary/aromatic N) is 1. The second-order valence-electron chi connectivity index (χ2n) is 5.06. The SMILES string of the molecule is CCCN=C(NCC)NC1CCCC(S(=O)CC)C1.I. The maximum atomic E-state index is 11.9. The maximum Gasteiger partial charge on any atom is 0.191 e. The summed E-state index contributed by atoms with van der Waals surface area (Å²) in [5.74, 6) is 1.69. The number of halogens is 1. The number of guanidine groups is 1. The molecule has 1 saturated carbocycles. The summed E-state index contributed by atoms with van der Waals surface area (Å²) in [6.45, 7) is 7.96. The summed E-state index contributed by atoms with van der Waals surface area (Å²) >= 11 is 0. The molecule has 0 spiro atoms. The number of nitrogens with one attached hydrogen (secondary N) is 2. The minimum absolute atomic E-state index is 0. The second-order valence-corrected chi connectivity index (χ2v) is 7.07. The van der Waals surface area contributed by atoms with Crippen LogP contribution < -0.4 is 10.6 Å². The van der Waals surface area contributed by atoms with Crippen molar-refractivity contribution in [3.63, 3.8) is 0 Å². The topological polar surface area (TPSA) is 53.5 Å². The third-order valence-electron chi connectivity index (χ3n) is 3.46. The van der Waals surface area contributed by atoms with Gasteiger partial charge in [-0.2, -0.15) is 0 Å². The highest BCUT2D eigenvalue weighted by Crippen LogP contribution is 2.22. The van der Waals surface area contributed by atoms with Crippen LogP contribution in [0.3, 0.4) is 0 Å². The summed E-state index contributed by atoms with van der Waals surface area (Å²) < 4.78 is 11.9. The summed E-state index contributed by atoms with van der Waals surface area (Å²) in [6.07, 6.45) is 5.51. The fourth-order valence-electron chi connectivity index (χ4n) is 2.49. The first-order chi connectivity index (χ1) is 9.21. The standard InChI is InChI=1S/C14H29N3OS.HI/c1-4-10-16-14(15-5-2)17-12-8-7-9-13(11-12)19(18)6-3;/h12-13H,4-11H2,1-3H3,(H2,15,16,17);1H. The van der Waals surface area contributed by atoms with Crippen molar-refractivity contribution in [2.24, 2.45) is 4.99 Å². The Balaban J connectivity index is 0.00000361. The first-order valence-corrected chi connectivity index (χ1v) is 9.01. The minimum Gasteiger partial charge on any atom is -0.357 e. The molecule has 3 atom stereocenters. The minimum atomic E-state index is -0.658.